The van der Waals surface area contributed by atoms with Gasteiger partial charge in [0, 0.05) is 17.5 Å². The molecule has 1 aliphatic heterocycles. The van der Waals surface area contributed by atoms with E-state index in [1.54, 1.807) is 0 Å². The number of rotatable bonds is 3. The number of benzene rings is 2. The van der Waals surface area contributed by atoms with Crippen molar-refractivity contribution < 1.29 is 9.84 Å². The monoisotopic (exact) mass is 382 g/mol. The second kappa shape index (κ2) is 6.79. The first kappa shape index (κ1) is 18.2. The van der Waals surface area contributed by atoms with Gasteiger partial charge in [-0.25, -0.2) is 4.98 Å². The standard InChI is InChI=1S/C22H23ClN2O2/c1-13-9-19(23)25-17-10-16-18(11-15(13)17)27-22(2,3)21(26)20(16)24-12-14-7-5-4-6-8-14/h4-11,20-21,24,26H,12H2,1-3H3. The van der Waals surface area contributed by atoms with Crippen LogP contribution in [0.15, 0.2) is 48.5 Å². The fourth-order valence-electron chi connectivity index (χ4n) is 3.69. The molecule has 0 spiro atoms. The highest BCUT2D eigenvalue weighted by Gasteiger charge is 2.43. The van der Waals surface area contributed by atoms with Crippen molar-refractivity contribution in [3.05, 3.63) is 70.4 Å². The lowest BCUT2D eigenvalue weighted by Crippen LogP contribution is -2.52. The Morgan fingerprint density at radius 3 is 2.67 bits per heavy atom. The fraction of sp³-hybridized carbons (Fsp3) is 0.318. The molecule has 2 atom stereocenters. The minimum Gasteiger partial charge on any atom is -0.485 e. The highest BCUT2D eigenvalue weighted by Crippen LogP contribution is 2.42. The SMILES string of the molecule is Cc1cc(Cl)nc2cc3c(cc12)OC(C)(C)C(O)C3NCc1ccccc1. The molecule has 2 aromatic carbocycles. The average Bonchev–Trinajstić information content (AvgIpc) is 2.62. The molecular formula is C22H23ClN2O2. The van der Waals surface area contributed by atoms with Crippen LogP contribution >= 0.6 is 11.6 Å². The molecule has 2 unspecified atom stereocenters. The van der Waals surface area contributed by atoms with Crippen molar-refractivity contribution in [1.82, 2.24) is 10.3 Å². The van der Waals surface area contributed by atoms with Crippen LogP contribution < -0.4 is 10.1 Å². The maximum atomic E-state index is 11.0. The van der Waals surface area contributed by atoms with Crippen LogP contribution in [-0.4, -0.2) is 21.8 Å². The van der Waals surface area contributed by atoms with Crippen molar-refractivity contribution in [2.45, 2.75) is 45.1 Å². The predicted octanol–water partition coefficient (Wildman–Crippen LogP) is 4.56. The van der Waals surface area contributed by atoms with Gasteiger partial charge in [0.05, 0.1) is 11.6 Å². The second-order valence-electron chi connectivity index (χ2n) is 7.66. The average molecular weight is 383 g/mol. The normalized spacial score (nSPS) is 20.9. The van der Waals surface area contributed by atoms with Gasteiger partial charge in [-0.2, -0.15) is 0 Å². The van der Waals surface area contributed by atoms with Crippen molar-refractivity contribution in [1.29, 1.82) is 0 Å². The highest BCUT2D eigenvalue weighted by atomic mass is 35.5. The Bertz CT molecular complexity index is 989. The largest absolute Gasteiger partial charge is 0.485 e. The Labute approximate surface area is 164 Å². The first-order chi connectivity index (χ1) is 12.8. The molecule has 0 aliphatic carbocycles. The van der Waals surface area contributed by atoms with Gasteiger partial charge in [-0.05, 0) is 50.1 Å². The van der Waals surface area contributed by atoms with Crippen LogP contribution in [0.1, 0.15) is 36.6 Å². The zero-order valence-corrected chi connectivity index (χ0v) is 16.4. The number of fused-ring (bicyclic) bond motifs is 2. The minimum atomic E-state index is -0.706. The van der Waals surface area contributed by atoms with Crippen LogP contribution in [0.4, 0.5) is 0 Å². The number of aliphatic hydroxyl groups is 1. The Morgan fingerprint density at radius 1 is 1.19 bits per heavy atom. The van der Waals surface area contributed by atoms with Crippen molar-refractivity contribution in [2.75, 3.05) is 0 Å². The summed E-state index contributed by atoms with van der Waals surface area (Å²) in [5.41, 5.74) is 3.21. The van der Waals surface area contributed by atoms with E-state index in [4.69, 9.17) is 16.3 Å². The summed E-state index contributed by atoms with van der Waals surface area (Å²) in [4.78, 5) is 4.46. The summed E-state index contributed by atoms with van der Waals surface area (Å²) in [5, 5.41) is 15.9. The van der Waals surface area contributed by atoms with Gasteiger partial charge in [0.15, 0.2) is 0 Å². The Balaban J connectivity index is 1.78. The van der Waals surface area contributed by atoms with Gasteiger partial charge in [0.25, 0.3) is 0 Å². The second-order valence-corrected chi connectivity index (χ2v) is 8.05. The van der Waals surface area contributed by atoms with E-state index in [0.717, 1.165) is 33.3 Å². The fourth-order valence-corrected chi connectivity index (χ4v) is 3.94. The number of hydrogen-bond donors (Lipinski definition) is 2. The molecule has 140 valence electrons. The van der Waals surface area contributed by atoms with Gasteiger partial charge in [-0.1, -0.05) is 41.9 Å². The van der Waals surface area contributed by atoms with Crippen LogP contribution in [-0.2, 0) is 6.54 Å². The molecule has 4 nitrogen and oxygen atoms in total. The van der Waals surface area contributed by atoms with E-state index in [1.165, 1.54) is 0 Å². The molecule has 1 aromatic heterocycles. The van der Waals surface area contributed by atoms with E-state index in [9.17, 15) is 5.11 Å². The zero-order valence-electron chi connectivity index (χ0n) is 15.7. The number of pyridine rings is 1. The number of nitrogens with one attached hydrogen (secondary N) is 1. The maximum absolute atomic E-state index is 11.0. The molecule has 27 heavy (non-hydrogen) atoms. The third kappa shape index (κ3) is 3.41. The summed E-state index contributed by atoms with van der Waals surface area (Å²) >= 11 is 6.15. The summed E-state index contributed by atoms with van der Waals surface area (Å²) in [6.45, 7) is 6.48. The predicted molar refractivity (Wildman–Crippen MR) is 108 cm³/mol. The third-order valence-electron chi connectivity index (χ3n) is 5.22. The smallest absolute Gasteiger partial charge is 0.131 e. The molecule has 1 aliphatic rings. The van der Waals surface area contributed by atoms with Crippen molar-refractivity contribution >= 4 is 22.5 Å². The van der Waals surface area contributed by atoms with Gasteiger partial charge in [-0.3, -0.25) is 0 Å². The summed E-state index contributed by atoms with van der Waals surface area (Å²) in [7, 11) is 0. The topological polar surface area (TPSA) is 54.4 Å². The molecule has 5 heteroatoms. The van der Waals surface area contributed by atoms with E-state index in [2.05, 4.69) is 22.4 Å². The van der Waals surface area contributed by atoms with E-state index < -0.39 is 11.7 Å². The van der Waals surface area contributed by atoms with Gasteiger partial charge in [-0.15, -0.1) is 0 Å². The van der Waals surface area contributed by atoms with E-state index in [1.807, 2.05) is 57.2 Å². The molecule has 3 aromatic rings. The lowest BCUT2D eigenvalue weighted by molar-refractivity contribution is -0.0647. The minimum absolute atomic E-state index is 0.269. The molecule has 2 heterocycles. The number of aromatic nitrogens is 1. The summed E-state index contributed by atoms with van der Waals surface area (Å²) < 4.78 is 6.16. The van der Waals surface area contributed by atoms with Crippen LogP contribution in [0, 0.1) is 6.92 Å². The lowest BCUT2D eigenvalue weighted by atomic mass is 9.85. The molecule has 0 bridgehead atoms. The van der Waals surface area contributed by atoms with Crippen molar-refractivity contribution in [3.8, 4) is 5.75 Å². The van der Waals surface area contributed by atoms with Crippen molar-refractivity contribution in [2.24, 2.45) is 0 Å². The molecule has 0 saturated carbocycles. The zero-order chi connectivity index (χ0) is 19.2. The maximum Gasteiger partial charge on any atom is 0.131 e. The molecule has 0 fully saturated rings. The van der Waals surface area contributed by atoms with E-state index in [-0.39, 0.29) is 6.04 Å². The Morgan fingerprint density at radius 2 is 1.93 bits per heavy atom. The molecule has 2 N–H and O–H groups in total. The summed E-state index contributed by atoms with van der Waals surface area (Å²) in [6.07, 6.45) is -0.702. The lowest BCUT2D eigenvalue weighted by Gasteiger charge is -2.42. The quantitative estimate of drug-likeness (QED) is 0.652. The van der Waals surface area contributed by atoms with Crippen LogP contribution in [0.25, 0.3) is 10.9 Å². The van der Waals surface area contributed by atoms with Crippen LogP contribution in [0.3, 0.4) is 0 Å². The summed E-state index contributed by atoms with van der Waals surface area (Å²) in [6, 6.07) is 15.7. The van der Waals surface area contributed by atoms with Gasteiger partial charge in [0.2, 0.25) is 0 Å². The van der Waals surface area contributed by atoms with Gasteiger partial charge < -0.3 is 15.2 Å². The van der Waals surface area contributed by atoms with E-state index in [0.29, 0.717) is 11.7 Å². The first-order valence-electron chi connectivity index (χ1n) is 9.10. The van der Waals surface area contributed by atoms with Crippen LogP contribution in [0.5, 0.6) is 5.75 Å². The van der Waals surface area contributed by atoms with E-state index >= 15 is 0 Å². The Kier molecular flexibility index (Phi) is 4.58. The molecule has 0 radical (unpaired) electrons. The number of aryl methyl sites for hydroxylation is 1. The van der Waals surface area contributed by atoms with Crippen LogP contribution in [0.2, 0.25) is 5.15 Å². The number of aliphatic hydroxyl groups excluding tert-OH is 1. The van der Waals surface area contributed by atoms with Gasteiger partial charge in [0.1, 0.15) is 22.6 Å². The number of ether oxygens (including phenoxy) is 1. The first-order valence-corrected chi connectivity index (χ1v) is 9.48. The molecular weight excluding hydrogens is 360 g/mol. The third-order valence-corrected chi connectivity index (χ3v) is 5.41. The molecule has 0 saturated heterocycles. The molecule has 4 rings (SSSR count). The number of halogens is 1. The van der Waals surface area contributed by atoms with Gasteiger partial charge >= 0.3 is 0 Å². The highest BCUT2D eigenvalue weighted by molar-refractivity contribution is 6.29. The number of hydrogen-bond acceptors (Lipinski definition) is 4. The molecule has 0 amide bonds. The Hall–Kier alpha value is -2.14. The summed E-state index contributed by atoms with van der Waals surface area (Å²) in [5.74, 6) is 0.774. The number of nitrogens with zero attached hydrogens (tertiary/aromatic N) is 1. The van der Waals surface area contributed by atoms with Crippen molar-refractivity contribution in [3.63, 3.8) is 0 Å².